The number of amides is 1. The first-order valence-electron chi connectivity index (χ1n) is 13.6. The van der Waals surface area contributed by atoms with E-state index in [0.717, 1.165) is 55.9 Å². The van der Waals surface area contributed by atoms with Gasteiger partial charge in [0.25, 0.3) is 0 Å². The molecule has 4 aromatic rings. The number of carbonyl (C=O) groups excluding carboxylic acids is 1. The van der Waals surface area contributed by atoms with E-state index in [4.69, 9.17) is 9.47 Å². The number of nitrogens with zero attached hydrogens (tertiary/aromatic N) is 5. The Morgan fingerprint density at radius 1 is 0.974 bits per heavy atom. The van der Waals surface area contributed by atoms with Crippen LogP contribution in [0.25, 0.3) is 28.2 Å². The standard InChI is InChI=1S/C30H34FN5O3/c1-2-3-20-39-30(37)35-18-16-34(17-19-35)15-6-21-38-25-11-9-24(10-12-25)36-28-13-8-23(31)22-27(28)33-29(36)26-7-4-5-14-32-26/h4-5,7-14,22H,2-3,6,15-21H2,1H3. The van der Waals surface area contributed by atoms with Crippen LogP contribution in [0.4, 0.5) is 9.18 Å². The van der Waals surface area contributed by atoms with E-state index in [1.807, 2.05) is 47.0 Å². The van der Waals surface area contributed by atoms with Gasteiger partial charge in [-0.3, -0.25) is 14.5 Å². The molecule has 0 aliphatic carbocycles. The predicted molar refractivity (Wildman–Crippen MR) is 149 cm³/mol. The first-order valence-corrected chi connectivity index (χ1v) is 13.6. The van der Waals surface area contributed by atoms with Crippen molar-refractivity contribution in [1.82, 2.24) is 24.3 Å². The molecule has 0 atom stereocenters. The Morgan fingerprint density at radius 3 is 2.54 bits per heavy atom. The lowest BCUT2D eigenvalue weighted by Gasteiger charge is -2.34. The zero-order valence-corrected chi connectivity index (χ0v) is 22.3. The van der Waals surface area contributed by atoms with Gasteiger partial charge in [0.05, 0.1) is 24.2 Å². The van der Waals surface area contributed by atoms with Crippen LogP contribution in [-0.2, 0) is 4.74 Å². The monoisotopic (exact) mass is 531 g/mol. The summed E-state index contributed by atoms with van der Waals surface area (Å²) >= 11 is 0. The van der Waals surface area contributed by atoms with Gasteiger partial charge in [0, 0.05) is 50.7 Å². The van der Waals surface area contributed by atoms with E-state index in [1.165, 1.54) is 12.1 Å². The van der Waals surface area contributed by atoms with E-state index < -0.39 is 0 Å². The molecule has 0 spiro atoms. The van der Waals surface area contributed by atoms with Crippen LogP contribution in [0.1, 0.15) is 26.2 Å². The topological polar surface area (TPSA) is 72.7 Å². The molecule has 0 saturated carbocycles. The van der Waals surface area contributed by atoms with Crippen LogP contribution >= 0.6 is 0 Å². The molecule has 204 valence electrons. The first kappa shape index (κ1) is 26.6. The number of unbranched alkanes of at least 4 members (excludes halogenated alkanes) is 1. The lowest BCUT2D eigenvalue weighted by Crippen LogP contribution is -2.49. The van der Waals surface area contributed by atoms with E-state index in [1.54, 1.807) is 17.2 Å². The molecular formula is C30H34FN5O3. The van der Waals surface area contributed by atoms with E-state index in [2.05, 4.69) is 21.8 Å². The van der Waals surface area contributed by atoms with Crippen LogP contribution in [-0.4, -0.2) is 76.4 Å². The number of ether oxygens (including phenoxy) is 2. The third-order valence-corrected chi connectivity index (χ3v) is 6.85. The van der Waals surface area contributed by atoms with Gasteiger partial charge in [0.2, 0.25) is 0 Å². The van der Waals surface area contributed by atoms with Crippen molar-refractivity contribution in [2.45, 2.75) is 26.2 Å². The Labute approximate surface area is 228 Å². The fraction of sp³-hybridized carbons (Fsp3) is 0.367. The third kappa shape index (κ3) is 6.54. The largest absolute Gasteiger partial charge is 0.494 e. The van der Waals surface area contributed by atoms with Crippen molar-refractivity contribution < 1.29 is 18.7 Å². The number of benzene rings is 2. The number of imidazole rings is 1. The van der Waals surface area contributed by atoms with E-state index in [9.17, 15) is 9.18 Å². The van der Waals surface area contributed by atoms with E-state index >= 15 is 0 Å². The number of halogens is 1. The van der Waals surface area contributed by atoms with Gasteiger partial charge >= 0.3 is 6.09 Å². The molecule has 9 heteroatoms. The molecule has 1 aliphatic heterocycles. The minimum Gasteiger partial charge on any atom is -0.494 e. The minimum absolute atomic E-state index is 0.196. The number of hydrogen-bond acceptors (Lipinski definition) is 6. The highest BCUT2D eigenvalue weighted by Gasteiger charge is 2.21. The van der Waals surface area contributed by atoms with Gasteiger partial charge in [0.15, 0.2) is 5.82 Å². The number of fused-ring (bicyclic) bond motifs is 1. The van der Waals surface area contributed by atoms with Gasteiger partial charge < -0.3 is 14.4 Å². The second-order valence-corrected chi connectivity index (χ2v) is 9.61. The normalized spacial score (nSPS) is 14.1. The van der Waals surface area contributed by atoms with Crippen molar-refractivity contribution in [2.24, 2.45) is 0 Å². The van der Waals surface area contributed by atoms with Crippen molar-refractivity contribution in [3.8, 4) is 23.0 Å². The zero-order valence-electron chi connectivity index (χ0n) is 22.3. The number of hydrogen-bond donors (Lipinski definition) is 0. The molecule has 1 amide bonds. The van der Waals surface area contributed by atoms with Gasteiger partial charge in [-0.15, -0.1) is 0 Å². The molecule has 0 bridgehead atoms. The number of rotatable bonds is 10. The SMILES string of the molecule is CCCCOC(=O)N1CCN(CCCOc2ccc(-n3c(-c4ccccn4)nc4cc(F)ccc43)cc2)CC1. The smallest absolute Gasteiger partial charge is 0.409 e. The molecule has 0 radical (unpaired) electrons. The van der Waals surface area contributed by atoms with Crippen molar-refractivity contribution in [2.75, 3.05) is 45.9 Å². The molecule has 1 fully saturated rings. The molecule has 0 N–H and O–H groups in total. The molecule has 1 saturated heterocycles. The van der Waals surface area contributed by atoms with E-state index in [-0.39, 0.29) is 11.9 Å². The van der Waals surface area contributed by atoms with Crippen molar-refractivity contribution in [3.05, 3.63) is 72.7 Å². The number of aromatic nitrogens is 3. The summed E-state index contributed by atoms with van der Waals surface area (Å²) in [6.07, 6.45) is 4.34. The molecule has 39 heavy (non-hydrogen) atoms. The summed E-state index contributed by atoms with van der Waals surface area (Å²) in [6, 6.07) is 18.1. The van der Waals surface area contributed by atoms with Crippen LogP contribution in [0, 0.1) is 5.82 Å². The lowest BCUT2D eigenvalue weighted by molar-refractivity contribution is 0.0741. The highest BCUT2D eigenvalue weighted by Crippen LogP contribution is 2.29. The summed E-state index contributed by atoms with van der Waals surface area (Å²) in [5, 5.41) is 0. The second-order valence-electron chi connectivity index (χ2n) is 9.61. The molecule has 8 nitrogen and oxygen atoms in total. The summed E-state index contributed by atoms with van der Waals surface area (Å²) in [6.45, 7) is 7.19. The quantitative estimate of drug-likeness (QED) is 0.250. The Bertz CT molecular complexity index is 1370. The summed E-state index contributed by atoms with van der Waals surface area (Å²) in [4.78, 5) is 25.4. The molecular weight excluding hydrogens is 497 g/mol. The highest BCUT2D eigenvalue weighted by molar-refractivity contribution is 5.82. The average Bonchev–Trinajstić information content (AvgIpc) is 3.35. The summed E-state index contributed by atoms with van der Waals surface area (Å²) in [5.41, 5.74) is 2.98. The molecule has 0 unspecified atom stereocenters. The highest BCUT2D eigenvalue weighted by atomic mass is 19.1. The molecule has 2 aromatic carbocycles. The zero-order chi connectivity index (χ0) is 27.0. The molecule has 1 aliphatic rings. The minimum atomic E-state index is -0.324. The molecule has 5 rings (SSSR count). The van der Waals surface area contributed by atoms with Crippen molar-refractivity contribution >= 4 is 17.1 Å². The fourth-order valence-electron chi connectivity index (χ4n) is 4.70. The predicted octanol–water partition coefficient (Wildman–Crippen LogP) is 5.55. The van der Waals surface area contributed by atoms with Gasteiger partial charge in [-0.1, -0.05) is 19.4 Å². The Balaban J connectivity index is 1.15. The number of piperazine rings is 1. The maximum atomic E-state index is 13.9. The fourth-order valence-corrected chi connectivity index (χ4v) is 4.70. The van der Waals surface area contributed by atoms with Crippen LogP contribution in [0.3, 0.4) is 0 Å². The molecule has 3 heterocycles. The Morgan fingerprint density at radius 2 is 1.79 bits per heavy atom. The van der Waals surface area contributed by atoms with Crippen molar-refractivity contribution in [3.63, 3.8) is 0 Å². The maximum Gasteiger partial charge on any atom is 0.409 e. The van der Waals surface area contributed by atoms with Crippen LogP contribution in [0.2, 0.25) is 0 Å². The van der Waals surface area contributed by atoms with Gasteiger partial charge in [-0.05, 0) is 61.4 Å². The lowest BCUT2D eigenvalue weighted by atomic mass is 10.2. The Kier molecular flexibility index (Phi) is 8.68. The number of carbonyl (C=O) groups is 1. The van der Waals surface area contributed by atoms with Crippen LogP contribution in [0.5, 0.6) is 5.75 Å². The third-order valence-electron chi connectivity index (χ3n) is 6.85. The van der Waals surface area contributed by atoms with Gasteiger partial charge in [0.1, 0.15) is 17.3 Å². The second kappa shape index (κ2) is 12.7. The summed E-state index contributed by atoms with van der Waals surface area (Å²) in [5.74, 6) is 1.11. The van der Waals surface area contributed by atoms with E-state index in [0.29, 0.717) is 43.3 Å². The van der Waals surface area contributed by atoms with Crippen LogP contribution < -0.4 is 4.74 Å². The number of pyridine rings is 1. The Hall–Kier alpha value is -3.98. The van der Waals surface area contributed by atoms with Crippen molar-refractivity contribution in [1.29, 1.82) is 0 Å². The van der Waals surface area contributed by atoms with Gasteiger partial charge in [-0.25, -0.2) is 14.2 Å². The average molecular weight is 532 g/mol. The maximum absolute atomic E-state index is 13.9. The van der Waals surface area contributed by atoms with Crippen LogP contribution in [0.15, 0.2) is 66.9 Å². The summed E-state index contributed by atoms with van der Waals surface area (Å²) < 4.78 is 27.2. The first-order chi connectivity index (χ1) is 19.1. The summed E-state index contributed by atoms with van der Waals surface area (Å²) in [7, 11) is 0. The van der Waals surface area contributed by atoms with Gasteiger partial charge in [-0.2, -0.15) is 0 Å². The molecule has 2 aromatic heterocycles.